The van der Waals surface area contributed by atoms with Crippen LogP contribution in [0.3, 0.4) is 0 Å². The van der Waals surface area contributed by atoms with Crippen LogP contribution in [0.2, 0.25) is 0 Å². The summed E-state index contributed by atoms with van der Waals surface area (Å²) in [5.74, 6) is 0.564. The molecular weight excluding hydrogens is 336 g/mol. The van der Waals surface area contributed by atoms with Crippen molar-refractivity contribution in [1.82, 2.24) is 15.1 Å². The van der Waals surface area contributed by atoms with E-state index in [1.165, 1.54) is 0 Å². The molecular formula is C18H30N4O2S. The number of carbonyl (C=O) groups is 2. The lowest BCUT2D eigenvalue weighted by Crippen LogP contribution is -2.54. The molecule has 2 saturated heterocycles. The second-order valence-corrected chi connectivity index (χ2v) is 9.30. The van der Waals surface area contributed by atoms with Crippen LogP contribution in [-0.2, 0) is 9.59 Å². The lowest BCUT2D eigenvalue weighted by atomic mass is 9.87. The predicted octanol–water partition coefficient (Wildman–Crippen LogP) is 1.56. The van der Waals surface area contributed by atoms with Crippen LogP contribution in [0, 0.1) is 11.8 Å². The van der Waals surface area contributed by atoms with Gasteiger partial charge >= 0.3 is 0 Å². The first-order valence-corrected chi connectivity index (χ1v) is 10.3. The van der Waals surface area contributed by atoms with Crippen molar-refractivity contribution >= 4 is 28.7 Å². The highest BCUT2D eigenvalue weighted by Crippen LogP contribution is 2.26. The third kappa shape index (κ3) is 4.68. The molecule has 3 aliphatic heterocycles. The van der Waals surface area contributed by atoms with Crippen LogP contribution in [0.5, 0.6) is 0 Å². The Hall–Kier alpha value is -1.24. The van der Waals surface area contributed by atoms with Crippen molar-refractivity contribution in [1.29, 1.82) is 0 Å². The number of hydrogen-bond donors (Lipinski definition) is 1. The van der Waals surface area contributed by atoms with Crippen LogP contribution in [-0.4, -0.2) is 70.8 Å². The zero-order valence-corrected chi connectivity index (χ0v) is 16.3. The van der Waals surface area contributed by atoms with Gasteiger partial charge in [-0.05, 0) is 18.8 Å². The normalized spacial score (nSPS) is 30.5. The highest BCUT2D eigenvalue weighted by molar-refractivity contribution is 8.14. The summed E-state index contributed by atoms with van der Waals surface area (Å²) in [7, 11) is 0. The number of thioether (sulfide) groups is 1. The number of amidine groups is 1. The van der Waals surface area contributed by atoms with E-state index in [-0.39, 0.29) is 23.8 Å². The third-order valence-electron chi connectivity index (χ3n) is 5.12. The zero-order chi connectivity index (χ0) is 18.0. The SMILES string of the molecule is CC(C)CC1CC(C(=O)N2CCN(C3=NCC(C)S3)CC2)CC(=O)N1. The van der Waals surface area contributed by atoms with Gasteiger partial charge in [0, 0.05) is 49.8 Å². The molecule has 6 nitrogen and oxygen atoms in total. The first-order valence-electron chi connectivity index (χ1n) is 9.46. The van der Waals surface area contributed by atoms with E-state index >= 15 is 0 Å². The minimum atomic E-state index is -0.151. The molecule has 7 heteroatoms. The number of carbonyl (C=O) groups excluding carboxylic acids is 2. The molecule has 2 fully saturated rings. The maximum Gasteiger partial charge on any atom is 0.226 e. The van der Waals surface area contributed by atoms with Gasteiger partial charge in [-0.25, -0.2) is 0 Å². The molecule has 3 unspecified atom stereocenters. The molecule has 0 aromatic carbocycles. The highest BCUT2D eigenvalue weighted by atomic mass is 32.2. The quantitative estimate of drug-likeness (QED) is 0.823. The van der Waals surface area contributed by atoms with E-state index in [0.29, 0.717) is 17.6 Å². The van der Waals surface area contributed by atoms with Gasteiger partial charge in [-0.3, -0.25) is 14.6 Å². The van der Waals surface area contributed by atoms with Crippen molar-refractivity contribution in [3.05, 3.63) is 0 Å². The maximum absolute atomic E-state index is 12.9. The van der Waals surface area contributed by atoms with Gasteiger partial charge in [-0.1, -0.05) is 32.5 Å². The number of hydrogen-bond acceptors (Lipinski definition) is 5. The van der Waals surface area contributed by atoms with Crippen molar-refractivity contribution in [3.8, 4) is 0 Å². The molecule has 2 amide bonds. The lowest BCUT2D eigenvalue weighted by Gasteiger charge is -2.39. The van der Waals surface area contributed by atoms with Crippen LogP contribution < -0.4 is 5.32 Å². The molecule has 3 rings (SSSR count). The molecule has 3 aliphatic rings. The van der Waals surface area contributed by atoms with Crippen LogP contribution in [0.4, 0.5) is 0 Å². The van der Waals surface area contributed by atoms with Crippen molar-refractivity contribution in [2.24, 2.45) is 16.8 Å². The number of rotatable bonds is 3. The van der Waals surface area contributed by atoms with Crippen molar-refractivity contribution < 1.29 is 9.59 Å². The fourth-order valence-corrected chi connectivity index (χ4v) is 4.91. The monoisotopic (exact) mass is 366 g/mol. The zero-order valence-electron chi connectivity index (χ0n) is 15.5. The van der Waals surface area contributed by atoms with E-state index in [2.05, 4.69) is 36.0 Å². The Bertz CT molecular complexity index is 543. The summed E-state index contributed by atoms with van der Waals surface area (Å²) < 4.78 is 0. The summed E-state index contributed by atoms with van der Waals surface area (Å²) in [6, 6.07) is 0.141. The number of nitrogens with zero attached hydrogens (tertiary/aromatic N) is 3. The number of amides is 2. The van der Waals surface area contributed by atoms with Gasteiger partial charge in [0.05, 0.1) is 6.54 Å². The largest absolute Gasteiger partial charge is 0.353 e. The minimum Gasteiger partial charge on any atom is -0.353 e. The lowest BCUT2D eigenvalue weighted by molar-refractivity contribution is -0.142. The summed E-state index contributed by atoms with van der Waals surface area (Å²) in [6.07, 6.45) is 2.06. The average Bonchev–Trinajstić information content (AvgIpc) is 2.99. The van der Waals surface area contributed by atoms with Gasteiger partial charge in [0.1, 0.15) is 0 Å². The van der Waals surface area contributed by atoms with E-state index in [0.717, 1.165) is 50.7 Å². The highest BCUT2D eigenvalue weighted by Gasteiger charge is 2.35. The molecule has 1 N–H and O–H groups in total. The first kappa shape index (κ1) is 18.5. The summed E-state index contributed by atoms with van der Waals surface area (Å²) in [5, 5.41) is 4.74. The van der Waals surface area contributed by atoms with Crippen LogP contribution in [0.25, 0.3) is 0 Å². The van der Waals surface area contributed by atoms with Crippen LogP contribution in [0.1, 0.15) is 40.0 Å². The van der Waals surface area contributed by atoms with E-state index in [4.69, 9.17) is 0 Å². The molecule has 0 radical (unpaired) electrons. The Balaban J connectivity index is 1.52. The maximum atomic E-state index is 12.9. The number of aliphatic imine (C=N–C) groups is 1. The fourth-order valence-electron chi connectivity index (χ4n) is 3.92. The minimum absolute atomic E-state index is 0.0274. The van der Waals surface area contributed by atoms with E-state index in [1.54, 1.807) is 0 Å². The molecule has 0 aromatic heterocycles. The summed E-state index contributed by atoms with van der Waals surface area (Å²) >= 11 is 1.84. The Morgan fingerprint density at radius 2 is 2.04 bits per heavy atom. The molecule has 25 heavy (non-hydrogen) atoms. The molecule has 3 heterocycles. The second kappa shape index (κ2) is 7.98. The first-order chi connectivity index (χ1) is 11.9. The number of piperidine rings is 1. The van der Waals surface area contributed by atoms with Crippen molar-refractivity contribution in [2.45, 2.75) is 51.3 Å². The van der Waals surface area contributed by atoms with Crippen molar-refractivity contribution in [3.63, 3.8) is 0 Å². The van der Waals surface area contributed by atoms with Gasteiger partial charge < -0.3 is 15.1 Å². The molecule has 0 saturated carbocycles. The summed E-state index contributed by atoms with van der Waals surface area (Å²) in [4.78, 5) is 33.8. The van der Waals surface area contributed by atoms with Crippen molar-refractivity contribution in [2.75, 3.05) is 32.7 Å². The standard InChI is InChI=1S/C18H30N4O2S/c1-12(2)8-15-9-14(10-16(23)20-15)17(24)21-4-6-22(7-5-21)18-19-11-13(3)25-18/h12-15H,4-11H2,1-3H3,(H,20,23). The molecule has 0 spiro atoms. The Morgan fingerprint density at radius 1 is 1.32 bits per heavy atom. The fraction of sp³-hybridized carbons (Fsp3) is 0.833. The molecule has 0 bridgehead atoms. The van der Waals surface area contributed by atoms with E-state index in [9.17, 15) is 9.59 Å². The van der Waals surface area contributed by atoms with Gasteiger partial charge in [0.2, 0.25) is 11.8 Å². The summed E-state index contributed by atoms with van der Waals surface area (Å²) in [6.45, 7) is 10.6. The Labute approximate surface area is 154 Å². The number of nitrogens with one attached hydrogen (secondary N) is 1. The molecule has 140 valence electrons. The van der Waals surface area contributed by atoms with Crippen LogP contribution >= 0.6 is 11.8 Å². The smallest absolute Gasteiger partial charge is 0.226 e. The third-order valence-corrected chi connectivity index (χ3v) is 6.27. The molecule has 0 aromatic rings. The van der Waals surface area contributed by atoms with Gasteiger partial charge in [-0.2, -0.15) is 0 Å². The molecule has 3 atom stereocenters. The predicted molar refractivity (Wildman–Crippen MR) is 102 cm³/mol. The average molecular weight is 367 g/mol. The van der Waals surface area contributed by atoms with E-state index in [1.807, 2.05) is 16.7 Å². The van der Waals surface area contributed by atoms with Gasteiger partial charge in [0.25, 0.3) is 0 Å². The van der Waals surface area contributed by atoms with E-state index < -0.39 is 0 Å². The topological polar surface area (TPSA) is 65.0 Å². The second-order valence-electron chi connectivity index (χ2n) is 7.89. The molecule has 0 aliphatic carbocycles. The Morgan fingerprint density at radius 3 is 2.64 bits per heavy atom. The number of piperazine rings is 1. The van der Waals surface area contributed by atoms with Crippen LogP contribution in [0.15, 0.2) is 4.99 Å². The van der Waals surface area contributed by atoms with Gasteiger partial charge in [0.15, 0.2) is 5.17 Å². The summed E-state index contributed by atoms with van der Waals surface area (Å²) in [5.41, 5.74) is 0. The van der Waals surface area contributed by atoms with Gasteiger partial charge in [-0.15, -0.1) is 0 Å². The Kier molecular flexibility index (Phi) is 5.92.